The zero-order chi connectivity index (χ0) is 18.4. The van der Waals surface area contributed by atoms with Gasteiger partial charge in [-0.05, 0) is 24.8 Å². The van der Waals surface area contributed by atoms with Gasteiger partial charge in [-0.25, -0.2) is 9.97 Å². The molecule has 27 heavy (non-hydrogen) atoms. The molecule has 0 amide bonds. The summed E-state index contributed by atoms with van der Waals surface area (Å²) in [5, 5.41) is 9.28. The lowest BCUT2D eigenvalue weighted by Crippen LogP contribution is -2.37. The van der Waals surface area contributed by atoms with Gasteiger partial charge in [0.2, 0.25) is 5.95 Å². The van der Waals surface area contributed by atoms with Crippen LogP contribution in [-0.2, 0) is 4.74 Å². The van der Waals surface area contributed by atoms with E-state index in [4.69, 9.17) is 20.4 Å². The van der Waals surface area contributed by atoms with E-state index >= 15 is 0 Å². The molecule has 2 bridgehead atoms. The number of aromatic nitrogens is 3. The maximum atomic E-state index is 9.28. The fourth-order valence-electron chi connectivity index (χ4n) is 4.13. The van der Waals surface area contributed by atoms with E-state index < -0.39 is 0 Å². The van der Waals surface area contributed by atoms with Gasteiger partial charge in [-0.2, -0.15) is 10.2 Å². The number of pyridine rings is 1. The number of nitrogens with zero attached hydrogens (tertiary/aromatic N) is 6. The van der Waals surface area contributed by atoms with Crippen LogP contribution in [0.4, 0.5) is 17.6 Å². The summed E-state index contributed by atoms with van der Waals surface area (Å²) < 4.78 is 5.48. The fraction of sp³-hybridized carbons (Fsp3) is 0.474. The van der Waals surface area contributed by atoms with Crippen molar-refractivity contribution >= 4 is 17.6 Å². The summed E-state index contributed by atoms with van der Waals surface area (Å²) in [6.45, 7) is 4.05. The molecule has 8 heteroatoms. The molecule has 1 saturated carbocycles. The largest absolute Gasteiger partial charge is 0.383 e. The third-order valence-electron chi connectivity index (χ3n) is 5.73. The molecule has 2 aromatic rings. The minimum absolute atomic E-state index is 0.240. The van der Waals surface area contributed by atoms with Crippen molar-refractivity contribution in [3.8, 4) is 17.3 Å². The second-order valence-electron chi connectivity index (χ2n) is 7.42. The molecule has 1 aliphatic carbocycles. The first-order valence-corrected chi connectivity index (χ1v) is 9.35. The number of nitrogens with two attached hydrogens (primary N) is 1. The van der Waals surface area contributed by atoms with Crippen LogP contribution in [0.3, 0.4) is 0 Å². The molecule has 3 saturated heterocycles. The summed E-state index contributed by atoms with van der Waals surface area (Å²) in [6, 6.07) is 6.38. The Hall–Kier alpha value is -2.92. The van der Waals surface area contributed by atoms with Crippen LogP contribution < -0.4 is 15.5 Å². The molecule has 4 fully saturated rings. The molecule has 3 aliphatic heterocycles. The number of nitrogen functional groups attached to an aromatic ring is 1. The summed E-state index contributed by atoms with van der Waals surface area (Å²) in [7, 11) is 0. The Morgan fingerprint density at radius 2 is 2.00 bits per heavy atom. The van der Waals surface area contributed by atoms with Gasteiger partial charge in [-0.3, -0.25) is 0 Å². The Morgan fingerprint density at radius 1 is 1.19 bits per heavy atom. The Kier molecular flexibility index (Phi) is 3.83. The van der Waals surface area contributed by atoms with Gasteiger partial charge in [-0.1, -0.05) is 0 Å². The highest BCUT2D eigenvalue weighted by Gasteiger charge is 2.44. The van der Waals surface area contributed by atoms with Crippen molar-refractivity contribution in [2.24, 2.45) is 5.92 Å². The van der Waals surface area contributed by atoms with Gasteiger partial charge < -0.3 is 20.3 Å². The highest BCUT2D eigenvalue weighted by Crippen LogP contribution is 2.42. The Bertz CT molecular complexity index is 913. The standard InChI is InChI=1S/C19H21N7O/c20-9-13-7-14(10-22-18(13)21)16-8-17(25-1-3-27-4-2-25)24-19(23-16)26-11-12-5-15(26)6-12/h7-8,10,12,15H,1-6,11H2,(H2,21,22). The molecular formula is C19H21N7O. The van der Waals surface area contributed by atoms with Crippen LogP contribution in [0, 0.1) is 17.2 Å². The van der Waals surface area contributed by atoms with E-state index in [1.54, 1.807) is 12.3 Å². The smallest absolute Gasteiger partial charge is 0.228 e. The maximum absolute atomic E-state index is 9.28. The second kappa shape index (κ2) is 6.35. The van der Waals surface area contributed by atoms with E-state index in [1.807, 2.05) is 6.07 Å². The van der Waals surface area contributed by atoms with Crippen LogP contribution in [0.15, 0.2) is 18.3 Å². The van der Waals surface area contributed by atoms with Crippen molar-refractivity contribution in [1.82, 2.24) is 15.0 Å². The first-order valence-electron chi connectivity index (χ1n) is 9.35. The van der Waals surface area contributed by atoms with Crippen LogP contribution >= 0.6 is 0 Å². The van der Waals surface area contributed by atoms with E-state index in [2.05, 4.69) is 20.9 Å². The van der Waals surface area contributed by atoms with Crippen molar-refractivity contribution in [2.45, 2.75) is 18.9 Å². The summed E-state index contributed by atoms with van der Waals surface area (Å²) in [4.78, 5) is 18.4. The van der Waals surface area contributed by atoms with Gasteiger partial charge in [0.1, 0.15) is 17.7 Å². The minimum atomic E-state index is 0.240. The Morgan fingerprint density at radius 3 is 2.70 bits per heavy atom. The van der Waals surface area contributed by atoms with E-state index in [0.717, 1.165) is 48.6 Å². The number of morpholine rings is 1. The van der Waals surface area contributed by atoms with Crippen molar-refractivity contribution in [3.63, 3.8) is 0 Å². The van der Waals surface area contributed by atoms with Gasteiger partial charge in [0.25, 0.3) is 0 Å². The molecule has 5 heterocycles. The molecule has 0 aromatic carbocycles. The number of nitriles is 1. The Labute approximate surface area is 157 Å². The molecule has 0 radical (unpaired) electrons. The molecule has 6 rings (SSSR count). The predicted octanol–water partition coefficient (Wildman–Crippen LogP) is 1.43. The van der Waals surface area contributed by atoms with Crippen LogP contribution in [0.1, 0.15) is 18.4 Å². The quantitative estimate of drug-likeness (QED) is 0.873. The van der Waals surface area contributed by atoms with Gasteiger partial charge >= 0.3 is 0 Å². The fourth-order valence-corrected chi connectivity index (χ4v) is 4.13. The first-order chi connectivity index (χ1) is 13.2. The number of rotatable bonds is 3. The number of anilines is 3. The molecule has 138 valence electrons. The van der Waals surface area contributed by atoms with Crippen molar-refractivity contribution in [3.05, 3.63) is 23.9 Å². The number of hydrogen-bond donors (Lipinski definition) is 1. The Balaban J connectivity index is 1.58. The van der Waals surface area contributed by atoms with Crippen molar-refractivity contribution in [1.29, 1.82) is 5.26 Å². The lowest BCUT2D eigenvalue weighted by molar-refractivity contribution is 0.122. The summed E-state index contributed by atoms with van der Waals surface area (Å²) in [5.74, 6) is 2.69. The lowest BCUT2D eigenvalue weighted by Gasteiger charge is -2.30. The van der Waals surface area contributed by atoms with Crippen LogP contribution in [0.2, 0.25) is 0 Å². The summed E-state index contributed by atoms with van der Waals surface area (Å²) in [5.41, 5.74) is 7.70. The maximum Gasteiger partial charge on any atom is 0.228 e. The molecule has 0 unspecified atom stereocenters. The molecule has 2 aromatic heterocycles. The molecule has 0 atom stereocenters. The van der Waals surface area contributed by atoms with E-state index in [9.17, 15) is 5.26 Å². The van der Waals surface area contributed by atoms with Crippen LogP contribution in [0.25, 0.3) is 11.3 Å². The second-order valence-corrected chi connectivity index (χ2v) is 7.42. The average molecular weight is 363 g/mol. The number of fused-ring (bicyclic) bond motifs is 1. The zero-order valence-electron chi connectivity index (χ0n) is 15.0. The molecule has 0 spiro atoms. The molecule has 4 aliphatic rings. The van der Waals surface area contributed by atoms with Gasteiger partial charge in [0.05, 0.1) is 24.5 Å². The van der Waals surface area contributed by atoms with Gasteiger partial charge in [0.15, 0.2) is 0 Å². The minimum Gasteiger partial charge on any atom is -0.383 e. The van der Waals surface area contributed by atoms with Crippen LogP contribution in [0.5, 0.6) is 0 Å². The first kappa shape index (κ1) is 16.3. The normalized spacial score (nSPS) is 23.8. The van der Waals surface area contributed by atoms with Crippen molar-refractivity contribution < 1.29 is 4.74 Å². The number of hydrogen-bond acceptors (Lipinski definition) is 8. The average Bonchev–Trinajstić information content (AvgIpc) is 3.30. The van der Waals surface area contributed by atoms with E-state index in [0.29, 0.717) is 24.8 Å². The summed E-state index contributed by atoms with van der Waals surface area (Å²) >= 11 is 0. The predicted molar refractivity (Wildman–Crippen MR) is 101 cm³/mol. The molecule has 2 N–H and O–H groups in total. The van der Waals surface area contributed by atoms with Gasteiger partial charge in [0, 0.05) is 43.5 Å². The van der Waals surface area contributed by atoms with Gasteiger partial charge in [-0.15, -0.1) is 0 Å². The van der Waals surface area contributed by atoms with E-state index in [1.165, 1.54) is 12.8 Å². The summed E-state index contributed by atoms with van der Waals surface area (Å²) in [6.07, 6.45) is 4.15. The van der Waals surface area contributed by atoms with E-state index in [-0.39, 0.29) is 5.82 Å². The zero-order valence-corrected chi connectivity index (χ0v) is 15.0. The monoisotopic (exact) mass is 363 g/mol. The molecule has 8 nitrogen and oxygen atoms in total. The number of ether oxygens (including phenoxy) is 1. The third kappa shape index (κ3) is 2.84. The lowest BCUT2D eigenvalue weighted by atomic mass is 9.86. The SMILES string of the molecule is N#Cc1cc(-c2cc(N3CCOCC3)nc(N3CC4CC3C4)n2)cnc1N. The van der Waals surface area contributed by atoms with Crippen molar-refractivity contribution in [2.75, 3.05) is 48.4 Å². The molecular weight excluding hydrogens is 342 g/mol. The third-order valence-corrected chi connectivity index (χ3v) is 5.73. The highest BCUT2D eigenvalue weighted by molar-refractivity contribution is 5.68. The topological polar surface area (TPSA) is 104 Å². The highest BCUT2D eigenvalue weighted by atomic mass is 16.5. The van der Waals surface area contributed by atoms with Crippen LogP contribution in [-0.4, -0.2) is 53.8 Å².